The molecule has 7 heteroatoms. The molecule has 0 saturated carbocycles. The molecule has 0 aromatic rings. The highest BCUT2D eigenvalue weighted by Gasteiger charge is 2.22. The van der Waals surface area contributed by atoms with E-state index in [0.29, 0.717) is 24.6 Å². The van der Waals surface area contributed by atoms with Crippen LogP contribution in [0.5, 0.6) is 0 Å². The van der Waals surface area contributed by atoms with Crippen molar-refractivity contribution in [3.63, 3.8) is 0 Å². The second-order valence-corrected chi connectivity index (χ2v) is 4.21. The summed E-state index contributed by atoms with van der Waals surface area (Å²) < 4.78 is 0. The molecule has 1 amide bonds. The Balaban J connectivity index is 2.53. The van der Waals surface area contributed by atoms with E-state index in [9.17, 15) is 4.79 Å². The number of hydrogen-bond donors (Lipinski definition) is 2. The summed E-state index contributed by atoms with van der Waals surface area (Å²) in [5.74, 6) is 0.233. The van der Waals surface area contributed by atoms with Gasteiger partial charge < -0.3 is 20.5 Å². The van der Waals surface area contributed by atoms with Gasteiger partial charge in [-0.2, -0.15) is 0 Å². The largest absolute Gasteiger partial charge is 0.399 e. The van der Waals surface area contributed by atoms with Crippen LogP contribution in [0.25, 0.3) is 0 Å². The van der Waals surface area contributed by atoms with Gasteiger partial charge in [-0.05, 0) is 13.3 Å². The van der Waals surface area contributed by atoms with Gasteiger partial charge in [0.05, 0.1) is 24.5 Å². The first-order valence-electron chi connectivity index (χ1n) is 6.33. The predicted molar refractivity (Wildman–Crippen MR) is 75.0 cm³/mol. The Morgan fingerprint density at radius 3 is 3.00 bits per heavy atom. The van der Waals surface area contributed by atoms with E-state index in [-0.39, 0.29) is 18.2 Å². The van der Waals surface area contributed by atoms with Crippen LogP contribution in [-0.2, 0) is 9.63 Å². The lowest BCUT2D eigenvalue weighted by atomic mass is 10.2. The molecule has 7 nitrogen and oxygen atoms in total. The Labute approximate surface area is 113 Å². The number of amides is 1. The molecule has 0 aliphatic carbocycles. The third-order valence-corrected chi connectivity index (χ3v) is 2.72. The molecule has 0 unspecified atom stereocenters. The van der Waals surface area contributed by atoms with E-state index >= 15 is 0 Å². The molecule has 106 valence electrons. The average Bonchev–Trinajstić information content (AvgIpc) is 2.40. The first kappa shape index (κ1) is 15.1. The molecule has 0 spiro atoms. The number of carbonyl (C=O) groups excluding carboxylic acids is 1. The number of amidine groups is 1. The van der Waals surface area contributed by atoms with Crippen LogP contribution in [0.15, 0.2) is 10.1 Å². The van der Waals surface area contributed by atoms with Crippen LogP contribution in [0.2, 0.25) is 0 Å². The van der Waals surface area contributed by atoms with Crippen molar-refractivity contribution in [1.29, 1.82) is 5.41 Å². The molecule has 0 aromatic carbocycles. The van der Waals surface area contributed by atoms with Crippen LogP contribution < -0.4 is 5.32 Å². The van der Waals surface area contributed by atoms with Gasteiger partial charge in [0, 0.05) is 13.1 Å². The van der Waals surface area contributed by atoms with Crippen molar-refractivity contribution in [2.24, 2.45) is 10.1 Å². The summed E-state index contributed by atoms with van der Waals surface area (Å²) in [4.78, 5) is 22.6. The van der Waals surface area contributed by atoms with Crippen molar-refractivity contribution in [2.45, 2.75) is 20.3 Å². The molecule has 1 aliphatic heterocycles. The fourth-order valence-corrected chi connectivity index (χ4v) is 1.71. The average molecular weight is 267 g/mol. The second kappa shape index (κ2) is 7.50. The number of oxime groups is 1. The van der Waals surface area contributed by atoms with Crippen molar-refractivity contribution in [3.05, 3.63) is 0 Å². The van der Waals surface area contributed by atoms with E-state index in [1.807, 2.05) is 6.92 Å². The third kappa shape index (κ3) is 4.35. The van der Waals surface area contributed by atoms with Crippen LogP contribution in [0, 0.1) is 5.41 Å². The Kier molecular flexibility index (Phi) is 5.98. The van der Waals surface area contributed by atoms with Crippen LogP contribution in [0.3, 0.4) is 0 Å². The molecule has 1 aliphatic rings. The van der Waals surface area contributed by atoms with Gasteiger partial charge in [0.1, 0.15) is 7.11 Å². The van der Waals surface area contributed by atoms with Gasteiger partial charge in [0.2, 0.25) is 0 Å². The van der Waals surface area contributed by atoms with E-state index in [1.54, 1.807) is 11.8 Å². The molecule has 1 rings (SSSR count). The van der Waals surface area contributed by atoms with Gasteiger partial charge in [-0.1, -0.05) is 12.1 Å². The summed E-state index contributed by atoms with van der Waals surface area (Å²) in [6, 6.07) is 0. The highest BCUT2D eigenvalue weighted by Crippen LogP contribution is 2.00. The first-order valence-corrected chi connectivity index (χ1v) is 6.33. The van der Waals surface area contributed by atoms with E-state index in [0.717, 1.165) is 13.0 Å². The maximum atomic E-state index is 12.0. The van der Waals surface area contributed by atoms with Crippen molar-refractivity contribution in [2.75, 3.05) is 33.3 Å². The minimum absolute atomic E-state index is 0.0952. The summed E-state index contributed by atoms with van der Waals surface area (Å²) in [6.45, 7) is 5.93. The van der Waals surface area contributed by atoms with E-state index in [4.69, 9.17) is 5.41 Å². The smallest absolute Gasteiger partial charge is 0.288 e. The maximum absolute atomic E-state index is 12.0. The van der Waals surface area contributed by atoms with Crippen molar-refractivity contribution < 1.29 is 9.63 Å². The Hall–Kier alpha value is -1.92. The number of carbonyl (C=O) groups is 1. The van der Waals surface area contributed by atoms with Gasteiger partial charge in [0.15, 0.2) is 5.84 Å². The van der Waals surface area contributed by atoms with E-state index < -0.39 is 0 Å². The number of rotatable bonds is 6. The highest BCUT2D eigenvalue weighted by molar-refractivity contribution is 6.43. The summed E-state index contributed by atoms with van der Waals surface area (Å²) >= 11 is 0. The fourth-order valence-electron chi connectivity index (χ4n) is 1.71. The van der Waals surface area contributed by atoms with Crippen molar-refractivity contribution in [1.82, 2.24) is 10.2 Å². The molecule has 0 aromatic heterocycles. The Bertz CT molecular complexity index is 403. The molecule has 19 heavy (non-hydrogen) atoms. The Morgan fingerprint density at radius 2 is 2.37 bits per heavy atom. The molecule has 0 radical (unpaired) electrons. The summed E-state index contributed by atoms with van der Waals surface area (Å²) in [5.41, 5.74) is 0.745. The second-order valence-electron chi connectivity index (χ2n) is 4.21. The molecule has 2 N–H and O–H groups in total. The topological polar surface area (TPSA) is 90.1 Å². The number of aliphatic imine (C=N–C) groups is 1. The van der Waals surface area contributed by atoms with Gasteiger partial charge >= 0.3 is 0 Å². The first-order chi connectivity index (χ1) is 9.10. The summed E-state index contributed by atoms with van der Waals surface area (Å²) in [7, 11) is 1.43. The minimum Gasteiger partial charge on any atom is -0.399 e. The number of hydrogen-bond acceptors (Lipinski definition) is 6. The van der Waals surface area contributed by atoms with Crippen LogP contribution >= 0.6 is 0 Å². The highest BCUT2D eigenvalue weighted by atomic mass is 16.6. The number of nitrogens with one attached hydrogen (secondary N) is 2. The Morgan fingerprint density at radius 1 is 1.63 bits per heavy atom. The molecule has 0 saturated heterocycles. The lowest BCUT2D eigenvalue weighted by molar-refractivity contribution is -0.124. The third-order valence-electron chi connectivity index (χ3n) is 2.72. The van der Waals surface area contributed by atoms with Crippen LogP contribution in [0.4, 0.5) is 0 Å². The van der Waals surface area contributed by atoms with Crippen molar-refractivity contribution in [3.8, 4) is 0 Å². The zero-order chi connectivity index (χ0) is 14.3. The lowest BCUT2D eigenvalue weighted by Gasteiger charge is -2.26. The number of nitrogens with zero attached hydrogens (tertiary/aromatic N) is 3. The predicted octanol–water partition coefficient (Wildman–Crippen LogP) is 0.269. The van der Waals surface area contributed by atoms with Gasteiger partial charge in [-0.15, -0.1) is 0 Å². The molecule has 1 heterocycles. The van der Waals surface area contributed by atoms with Crippen LogP contribution in [-0.4, -0.2) is 61.4 Å². The van der Waals surface area contributed by atoms with Crippen molar-refractivity contribution >= 4 is 23.2 Å². The fraction of sp³-hybridized carbons (Fsp3) is 0.667. The maximum Gasteiger partial charge on any atom is 0.288 e. The van der Waals surface area contributed by atoms with Gasteiger partial charge in [-0.25, -0.2) is 0 Å². The normalized spacial score (nSPS) is 16.2. The van der Waals surface area contributed by atoms with E-state index in [2.05, 4.69) is 20.3 Å². The molecular weight excluding hydrogens is 246 g/mol. The molecule has 0 bridgehead atoms. The minimum atomic E-state index is -0.0952. The molecule has 0 fully saturated rings. The molecular formula is C12H21N5O2. The lowest BCUT2D eigenvalue weighted by Crippen LogP contribution is -2.49. The zero-order valence-corrected chi connectivity index (χ0v) is 11.7. The monoisotopic (exact) mass is 267 g/mol. The molecule has 0 atom stereocenters. The van der Waals surface area contributed by atoms with Crippen LogP contribution in [0.1, 0.15) is 20.3 Å². The zero-order valence-electron chi connectivity index (χ0n) is 11.7. The SMILES string of the molecule is CCCN1CCN=C(NCC(=N)/C(C)=N\OC)C1=O. The van der Waals surface area contributed by atoms with E-state index in [1.165, 1.54) is 7.11 Å². The quantitative estimate of drug-likeness (QED) is 0.534. The summed E-state index contributed by atoms with van der Waals surface area (Å²) in [5, 5.41) is 14.3. The van der Waals surface area contributed by atoms with Gasteiger partial charge in [-0.3, -0.25) is 9.79 Å². The van der Waals surface area contributed by atoms with Gasteiger partial charge in [0.25, 0.3) is 5.91 Å². The summed E-state index contributed by atoms with van der Waals surface area (Å²) in [6.07, 6.45) is 0.925. The standard InChI is InChI=1S/C12H21N5O2/c1-4-6-17-7-5-14-11(12(17)18)15-8-10(13)9(2)16-19-3/h13H,4-8H2,1-3H3,(H,14,15)/b13-10?,16-9-.